The van der Waals surface area contributed by atoms with E-state index in [2.05, 4.69) is 15.1 Å². The van der Waals surface area contributed by atoms with Crippen molar-refractivity contribution >= 4 is 46.2 Å². The van der Waals surface area contributed by atoms with Crippen molar-refractivity contribution < 1.29 is 14.5 Å². The van der Waals surface area contributed by atoms with E-state index in [1.54, 1.807) is 30.3 Å². The Bertz CT molecular complexity index is 1500. The van der Waals surface area contributed by atoms with Crippen molar-refractivity contribution in [1.82, 2.24) is 4.90 Å². The van der Waals surface area contributed by atoms with Gasteiger partial charge in [0.25, 0.3) is 17.5 Å². The molecule has 0 aliphatic carbocycles. The molecule has 1 aliphatic heterocycles. The van der Waals surface area contributed by atoms with E-state index in [1.807, 2.05) is 32.0 Å². The highest BCUT2D eigenvalue weighted by Crippen LogP contribution is 2.35. The lowest BCUT2D eigenvalue weighted by Gasteiger charge is -2.24. The molecular weight excluding hydrogens is 520 g/mol. The van der Waals surface area contributed by atoms with Gasteiger partial charge in [-0.3, -0.25) is 24.6 Å². The number of hydrogen-bond donors (Lipinski definition) is 0. The topological polar surface area (TPSA) is 132 Å². The number of amides is 2. The van der Waals surface area contributed by atoms with Crippen molar-refractivity contribution in [3.05, 3.63) is 92.0 Å². The van der Waals surface area contributed by atoms with Gasteiger partial charge in [0.15, 0.2) is 0 Å². The van der Waals surface area contributed by atoms with Crippen molar-refractivity contribution in [3.8, 4) is 6.07 Å². The van der Waals surface area contributed by atoms with E-state index in [4.69, 9.17) is 11.6 Å². The highest BCUT2D eigenvalue weighted by molar-refractivity contribution is 6.33. The molecule has 3 aromatic rings. The molecule has 1 heterocycles. The Morgan fingerprint density at radius 1 is 1.05 bits per heavy atom. The van der Waals surface area contributed by atoms with E-state index in [1.165, 1.54) is 4.90 Å². The number of aryl methyl sites for hydroxylation is 1. The Labute approximate surface area is 230 Å². The van der Waals surface area contributed by atoms with E-state index in [9.17, 15) is 25.0 Å². The molecule has 0 spiro atoms. The Balaban J connectivity index is 1.39. The number of benzene rings is 3. The van der Waals surface area contributed by atoms with Crippen LogP contribution in [0.15, 0.2) is 64.8 Å². The van der Waals surface area contributed by atoms with Crippen LogP contribution < -0.4 is 4.90 Å². The summed E-state index contributed by atoms with van der Waals surface area (Å²) in [5.74, 6) is -0.472. The van der Waals surface area contributed by atoms with E-state index in [-0.39, 0.29) is 33.8 Å². The first-order valence-corrected chi connectivity index (χ1v) is 12.7. The van der Waals surface area contributed by atoms with Crippen LogP contribution in [0.4, 0.5) is 22.7 Å². The molecule has 2 amide bonds. The number of imide groups is 1. The number of non-ortho nitro benzene ring substituents is 1. The molecule has 0 saturated heterocycles. The number of nitro groups is 1. The Morgan fingerprint density at radius 2 is 1.74 bits per heavy atom. The van der Waals surface area contributed by atoms with Crippen LogP contribution in [0.3, 0.4) is 0 Å². The summed E-state index contributed by atoms with van der Waals surface area (Å²) in [5.41, 5.74) is 3.07. The first-order chi connectivity index (χ1) is 18.7. The lowest BCUT2D eigenvalue weighted by molar-refractivity contribution is -0.384. The van der Waals surface area contributed by atoms with Gasteiger partial charge in [-0.05, 0) is 62.6 Å². The fraction of sp³-hybridized carbons (Fsp3) is 0.250. The molecule has 0 unspecified atom stereocenters. The molecule has 39 heavy (non-hydrogen) atoms. The molecule has 1 aliphatic rings. The van der Waals surface area contributed by atoms with Crippen LogP contribution in [-0.2, 0) is 0 Å². The van der Waals surface area contributed by atoms with Gasteiger partial charge in [-0.1, -0.05) is 23.7 Å². The maximum atomic E-state index is 12.6. The van der Waals surface area contributed by atoms with Crippen molar-refractivity contribution in [2.45, 2.75) is 26.7 Å². The molecule has 0 N–H and O–H groups in total. The van der Waals surface area contributed by atoms with Crippen LogP contribution in [0.1, 0.15) is 51.6 Å². The fourth-order valence-corrected chi connectivity index (χ4v) is 4.67. The summed E-state index contributed by atoms with van der Waals surface area (Å²) in [5, 5.41) is 28.7. The SMILES string of the molecule is CCN(CCCCN1C(=O)c2ccccc2C1=O)c1ccc(/N=N/c2c(Cl)cc([N+](=O)[O-])cc2C#N)c(C)c1. The van der Waals surface area contributed by atoms with E-state index >= 15 is 0 Å². The predicted octanol–water partition coefficient (Wildman–Crippen LogP) is 6.75. The molecule has 0 fully saturated rings. The highest BCUT2D eigenvalue weighted by atomic mass is 35.5. The molecule has 0 bridgehead atoms. The van der Waals surface area contributed by atoms with Gasteiger partial charge in [-0.25, -0.2) is 0 Å². The zero-order chi connectivity index (χ0) is 28.1. The summed E-state index contributed by atoms with van der Waals surface area (Å²) in [6, 6.07) is 16.7. The summed E-state index contributed by atoms with van der Waals surface area (Å²) in [7, 11) is 0. The number of fused-ring (bicyclic) bond motifs is 1. The number of nitrogens with zero attached hydrogens (tertiary/aromatic N) is 6. The Kier molecular flexibility index (Phi) is 8.32. The number of hydrogen-bond acceptors (Lipinski definition) is 8. The molecule has 4 rings (SSSR count). The van der Waals surface area contributed by atoms with Crippen molar-refractivity contribution in [1.29, 1.82) is 5.26 Å². The van der Waals surface area contributed by atoms with Gasteiger partial charge in [0.2, 0.25) is 0 Å². The number of halogens is 1. The second-order valence-electron chi connectivity index (χ2n) is 8.96. The first kappa shape index (κ1) is 27.4. The zero-order valence-electron chi connectivity index (χ0n) is 21.4. The quantitative estimate of drug-likeness (QED) is 0.0911. The van der Waals surface area contributed by atoms with Crippen LogP contribution in [0, 0.1) is 28.4 Å². The van der Waals surface area contributed by atoms with Gasteiger partial charge in [-0.15, -0.1) is 5.11 Å². The summed E-state index contributed by atoms with van der Waals surface area (Å²) < 4.78 is 0. The number of nitro benzene ring substituents is 1. The van der Waals surface area contributed by atoms with Crippen LogP contribution >= 0.6 is 11.6 Å². The molecule has 3 aromatic carbocycles. The van der Waals surface area contributed by atoms with Crippen LogP contribution in [-0.4, -0.2) is 41.3 Å². The minimum atomic E-state index is -0.624. The minimum absolute atomic E-state index is 0.0304. The van der Waals surface area contributed by atoms with Crippen molar-refractivity contribution in [2.24, 2.45) is 10.2 Å². The van der Waals surface area contributed by atoms with E-state index in [0.717, 1.165) is 42.9 Å². The molecule has 0 aromatic heterocycles. The van der Waals surface area contributed by atoms with Crippen LogP contribution in [0.2, 0.25) is 5.02 Å². The minimum Gasteiger partial charge on any atom is -0.372 e. The second-order valence-corrected chi connectivity index (χ2v) is 9.36. The zero-order valence-corrected chi connectivity index (χ0v) is 22.2. The number of rotatable bonds is 10. The standard InChI is InChI=1S/C28H25ClN6O4/c1-3-33(12-6-7-13-34-27(36)22-8-4-5-9-23(22)28(34)37)20-10-11-25(18(2)14-20)31-32-26-19(17-30)15-21(35(38)39)16-24(26)29/h4-5,8-11,14-16H,3,6-7,12-13H2,1-2H3/b32-31+. The summed E-state index contributed by atoms with van der Waals surface area (Å²) in [6.45, 7) is 5.81. The Morgan fingerprint density at radius 3 is 2.33 bits per heavy atom. The van der Waals surface area contributed by atoms with Gasteiger partial charge in [0.1, 0.15) is 11.8 Å². The van der Waals surface area contributed by atoms with Gasteiger partial charge >= 0.3 is 0 Å². The third-order valence-corrected chi connectivity index (χ3v) is 6.79. The third kappa shape index (κ3) is 5.78. The molecule has 0 saturated carbocycles. The van der Waals surface area contributed by atoms with Gasteiger partial charge < -0.3 is 4.90 Å². The average molecular weight is 545 g/mol. The number of carbonyl (C=O) groups is 2. The molecule has 0 atom stereocenters. The second kappa shape index (κ2) is 11.8. The summed E-state index contributed by atoms with van der Waals surface area (Å²) >= 11 is 6.13. The van der Waals surface area contributed by atoms with Gasteiger partial charge in [0, 0.05) is 37.5 Å². The average Bonchev–Trinajstić information content (AvgIpc) is 3.17. The molecule has 10 nitrogen and oxygen atoms in total. The van der Waals surface area contributed by atoms with E-state index in [0.29, 0.717) is 29.8 Å². The van der Waals surface area contributed by atoms with Crippen molar-refractivity contribution in [3.63, 3.8) is 0 Å². The fourth-order valence-electron chi connectivity index (χ4n) is 4.41. The van der Waals surface area contributed by atoms with Gasteiger partial charge in [0.05, 0.1) is 32.3 Å². The number of anilines is 1. The molecule has 11 heteroatoms. The van der Waals surface area contributed by atoms with E-state index < -0.39 is 4.92 Å². The molecule has 198 valence electrons. The maximum absolute atomic E-state index is 12.6. The van der Waals surface area contributed by atoms with Crippen LogP contribution in [0.25, 0.3) is 0 Å². The number of azo groups is 1. The normalized spacial score (nSPS) is 12.6. The number of unbranched alkanes of at least 4 members (excludes halogenated alkanes) is 1. The maximum Gasteiger partial charge on any atom is 0.272 e. The summed E-state index contributed by atoms with van der Waals surface area (Å²) in [4.78, 5) is 39.0. The lowest BCUT2D eigenvalue weighted by atomic mass is 10.1. The first-order valence-electron chi connectivity index (χ1n) is 12.4. The number of carbonyl (C=O) groups excluding carboxylic acids is 2. The molecule has 0 radical (unpaired) electrons. The van der Waals surface area contributed by atoms with Crippen molar-refractivity contribution in [2.75, 3.05) is 24.5 Å². The lowest BCUT2D eigenvalue weighted by Crippen LogP contribution is -2.31. The highest BCUT2D eigenvalue weighted by Gasteiger charge is 2.34. The Hall–Kier alpha value is -4.62. The predicted molar refractivity (Wildman–Crippen MR) is 147 cm³/mol. The van der Waals surface area contributed by atoms with Crippen LogP contribution in [0.5, 0.6) is 0 Å². The summed E-state index contributed by atoms with van der Waals surface area (Å²) in [6.07, 6.45) is 1.47. The largest absolute Gasteiger partial charge is 0.372 e. The number of nitriles is 1. The smallest absolute Gasteiger partial charge is 0.272 e. The van der Waals surface area contributed by atoms with Gasteiger partial charge in [-0.2, -0.15) is 10.4 Å². The monoisotopic (exact) mass is 544 g/mol. The molecular formula is C28H25ClN6O4. The third-order valence-electron chi connectivity index (χ3n) is 6.50.